The van der Waals surface area contributed by atoms with Gasteiger partial charge in [-0.25, -0.2) is 13.4 Å². The summed E-state index contributed by atoms with van der Waals surface area (Å²) in [7, 11) is -3.56. The van der Waals surface area contributed by atoms with Crippen LogP contribution in [0.15, 0.2) is 53.4 Å². The lowest BCUT2D eigenvalue weighted by atomic mass is 10.2. The zero-order chi connectivity index (χ0) is 18.3. The Balaban J connectivity index is 1.63. The van der Waals surface area contributed by atoms with Gasteiger partial charge in [0.25, 0.3) is 0 Å². The van der Waals surface area contributed by atoms with Crippen LogP contribution in [0.2, 0.25) is 0 Å². The summed E-state index contributed by atoms with van der Waals surface area (Å²) >= 11 is 0. The molecule has 1 aromatic heterocycles. The maximum Gasteiger partial charge on any atom is 0.243 e. The number of nitrogens with zero attached hydrogens (tertiary/aromatic N) is 4. The highest BCUT2D eigenvalue weighted by molar-refractivity contribution is 7.89. The van der Waals surface area contributed by atoms with E-state index < -0.39 is 10.0 Å². The van der Waals surface area contributed by atoms with Crippen LogP contribution in [0.25, 0.3) is 11.0 Å². The topological polar surface area (TPSA) is 79.0 Å². The fourth-order valence-electron chi connectivity index (χ4n) is 3.62. The lowest BCUT2D eigenvalue weighted by molar-refractivity contribution is 0.452. The molecule has 0 saturated carbocycles. The Hall–Kier alpha value is -2.69. The molecule has 1 unspecified atom stereocenters. The van der Waals surface area contributed by atoms with Crippen molar-refractivity contribution in [1.29, 1.82) is 5.26 Å². The summed E-state index contributed by atoms with van der Waals surface area (Å²) < 4.78 is 29.5. The van der Waals surface area contributed by atoms with E-state index in [0.717, 1.165) is 23.3 Å². The monoisotopic (exact) mass is 366 g/mol. The zero-order valence-electron chi connectivity index (χ0n) is 14.3. The number of aromatic nitrogens is 2. The number of benzene rings is 2. The average Bonchev–Trinajstić information content (AvgIpc) is 3.25. The molecule has 0 spiro atoms. The molecular weight excluding hydrogens is 348 g/mol. The number of aryl methyl sites for hydroxylation is 1. The Labute approximate surface area is 152 Å². The van der Waals surface area contributed by atoms with Crippen LogP contribution in [-0.4, -0.2) is 35.4 Å². The molecule has 2 heterocycles. The highest BCUT2D eigenvalue weighted by Crippen LogP contribution is 2.31. The molecule has 1 atom stereocenters. The van der Waals surface area contributed by atoms with E-state index in [4.69, 9.17) is 5.26 Å². The second kappa shape index (κ2) is 6.24. The van der Waals surface area contributed by atoms with Crippen LogP contribution in [0.5, 0.6) is 0 Å². The molecule has 0 aliphatic carbocycles. The largest absolute Gasteiger partial charge is 0.324 e. The second-order valence-corrected chi connectivity index (χ2v) is 8.40. The molecule has 4 rings (SSSR count). The maximum absolute atomic E-state index is 12.9. The van der Waals surface area contributed by atoms with Crippen molar-refractivity contribution in [3.05, 3.63) is 59.9 Å². The summed E-state index contributed by atoms with van der Waals surface area (Å²) in [6.07, 6.45) is 0.747. The van der Waals surface area contributed by atoms with Gasteiger partial charge in [-0.1, -0.05) is 12.1 Å². The molecule has 7 heteroatoms. The standard InChI is InChI=1S/C19H18N4O2S/c1-14-21-18-4-2-3-5-19(18)23(14)16-10-11-22(13-16)26(24,25)17-8-6-15(12-20)7-9-17/h2-9,16H,10-11,13H2,1H3. The van der Waals surface area contributed by atoms with Gasteiger partial charge in [0, 0.05) is 13.1 Å². The number of fused-ring (bicyclic) bond motifs is 1. The summed E-state index contributed by atoms with van der Waals surface area (Å²) in [5.41, 5.74) is 2.41. The molecule has 0 N–H and O–H groups in total. The van der Waals surface area contributed by atoms with Crippen LogP contribution in [0.4, 0.5) is 0 Å². The Morgan fingerprint density at radius 3 is 2.62 bits per heavy atom. The summed E-state index contributed by atoms with van der Waals surface area (Å²) in [6.45, 7) is 2.85. The van der Waals surface area contributed by atoms with E-state index in [-0.39, 0.29) is 10.9 Å². The molecule has 1 fully saturated rings. The van der Waals surface area contributed by atoms with E-state index in [1.165, 1.54) is 28.6 Å². The van der Waals surface area contributed by atoms with Gasteiger partial charge in [-0.2, -0.15) is 9.57 Å². The van der Waals surface area contributed by atoms with Crippen LogP contribution in [0.3, 0.4) is 0 Å². The molecule has 2 aromatic carbocycles. The number of para-hydroxylation sites is 2. The Kier molecular flexibility index (Phi) is 4.02. The van der Waals surface area contributed by atoms with E-state index in [1.54, 1.807) is 0 Å². The van der Waals surface area contributed by atoms with E-state index in [0.29, 0.717) is 18.7 Å². The van der Waals surface area contributed by atoms with Gasteiger partial charge in [0.15, 0.2) is 0 Å². The molecule has 3 aromatic rings. The Morgan fingerprint density at radius 2 is 1.88 bits per heavy atom. The third-order valence-corrected chi connectivity index (χ3v) is 6.76. The second-order valence-electron chi connectivity index (χ2n) is 6.46. The average molecular weight is 366 g/mol. The fourth-order valence-corrected chi connectivity index (χ4v) is 5.11. The van der Waals surface area contributed by atoms with Gasteiger partial charge in [-0.3, -0.25) is 0 Å². The molecule has 0 amide bonds. The molecule has 6 nitrogen and oxygen atoms in total. The summed E-state index contributed by atoms with van der Waals surface area (Å²) in [5.74, 6) is 0.897. The fraction of sp³-hybridized carbons (Fsp3) is 0.263. The van der Waals surface area contributed by atoms with Gasteiger partial charge in [0.1, 0.15) is 5.82 Å². The number of hydrogen-bond acceptors (Lipinski definition) is 4. The smallest absolute Gasteiger partial charge is 0.243 e. The maximum atomic E-state index is 12.9. The molecule has 1 aliphatic rings. The third kappa shape index (κ3) is 2.68. The van der Waals surface area contributed by atoms with Crippen molar-refractivity contribution in [3.8, 4) is 6.07 Å². The number of hydrogen-bond donors (Lipinski definition) is 0. The van der Waals surface area contributed by atoms with Crippen molar-refractivity contribution in [2.45, 2.75) is 24.3 Å². The first-order valence-corrected chi connectivity index (χ1v) is 9.88. The van der Waals surface area contributed by atoms with Gasteiger partial charge < -0.3 is 4.57 Å². The SMILES string of the molecule is Cc1nc2ccccc2n1C1CCN(S(=O)(=O)c2ccc(C#N)cc2)C1. The van der Waals surface area contributed by atoms with Crippen molar-refractivity contribution in [3.63, 3.8) is 0 Å². The minimum absolute atomic E-state index is 0.0653. The minimum atomic E-state index is -3.56. The molecule has 1 aliphatic heterocycles. The van der Waals surface area contributed by atoms with E-state index in [1.807, 2.05) is 37.3 Å². The summed E-state index contributed by atoms with van der Waals surface area (Å²) in [5, 5.41) is 8.88. The number of sulfonamides is 1. The van der Waals surface area contributed by atoms with Crippen molar-refractivity contribution in [2.75, 3.05) is 13.1 Å². The van der Waals surface area contributed by atoms with Crippen molar-refractivity contribution >= 4 is 21.1 Å². The molecule has 0 radical (unpaired) electrons. The molecule has 132 valence electrons. The predicted molar refractivity (Wildman–Crippen MR) is 98.0 cm³/mol. The molecule has 0 bridgehead atoms. The van der Waals surface area contributed by atoms with Gasteiger partial charge in [0.05, 0.1) is 33.6 Å². The summed E-state index contributed by atoms with van der Waals surface area (Å²) in [6, 6.07) is 16.1. The molecular formula is C19H18N4O2S. The van der Waals surface area contributed by atoms with Crippen LogP contribution >= 0.6 is 0 Å². The number of imidazole rings is 1. The first-order chi connectivity index (χ1) is 12.5. The van der Waals surface area contributed by atoms with Gasteiger partial charge in [-0.15, -0.1) is 0 Å². The predicted octanol–water partition coefficient (Wildman–Crippen LogP) is 2.85. The van der Waals surface area contributed by atoms with E-state index >= 15 is 0 Å². The quantitative estimate of drug-likeness (QED) is 0.714. The van der Waals surface area contributed by atoms with Crippen LogP contribution in [-0.2, 0) is 10.0 Å². The van der Waals surface area contributed by atoms with E-state index in [2.05, 4.69) is 9.55 Å². The normalized spacial score (nSPS) is 18.2. The zero-order valence-corrected chi connectivity index (χ0v) is 15.1. The van der Waals surface area contributed by atoms with Crippen molar-refractivity contribution in [1.82, 2.24) is 13.9 Å². The van der Waals surface area contributed by atoms with Crippen LogP contribution < -0.4 is 0 Å². The number of nitriles is 1. The highest BCUT2D eigenvalue weighted by Gasteiger charge is 2.34. The van der Waals surface area contributed by atoms with Gasteiger partial charge >= 0.3 is 0 Å². The molecule has 26 heavy (non-hydrogen) atoms. The molecule has 1 saturated heterocycles. The number of rotatable bonds is 3. The van der Waals surface area contributed by atoms with Crippen LogP contribution in [0.1, 0.15) is 23.9 Å². The van der Waals surface area contributed by atoms with Crippen LogP contribution in [0, 0.1) is 18.3 Å². The van der Waals surface area contributed by atoms with Gasteiger partial charge in [-0.05, 0) is 49.7 Å². The Morgan fingerprint density at radius 1 is 1.15 bits per heavy atom. The van der Waals surface area contributed by atoms with Gasteiger partial charge in [0.2, 0.25) is 10.0 Å². The first-order valence-electron chi connectivity index (χ1n) is 8.44. The minimum Gasteiger partial charge on any atom is -0.324 e. The van der Waals surface area contributed by atoms with Crippen molar-refractivity contribution in [2.24, 2.45) is 0 Å². The van der Waals surface area contributed by atoms with Crippen molar-refractivity contribution < 1.29 is 8.42 Å². The lowest BCUT2D eigenvalue weighted by Gasteiger charge is -2.18. The summed E-state index contributed by atoms with van der Waals surface area (Å²) in [4.78, 5) is 4.81. The van der Waals surface area contributed by atoms with E-state index in [9.17, 15) is 8.42 Å². The lowest BCUT2D eigenvalue weighted by Crippen LogP contribution is -2.29. The Bertz CT molecular complexity index is 1110. The third-order valence-electron chi connectivity index (χ3n) is 4.88. The highest BCUT2D eigenvalue weighted by atomic mass is 32.2. The first kappa shape index (κ1) is 16.8.